The molecule has 0 fully saturated rings. The molecule has 0 aromatic heterocycles. The summed E-state index contributed by atoms with van der Waals surface area (Å²) in [5, 5.41) is 20.1. The molecule has 3 rings (SSSR count). The van der Waals surface area contributed by atoms with E-state index in [-0.39, 0.29) is 17.4 Å². The van der Waals surface area contributed by atoms with E-state index < -0.39 is 0 Å². The first-order valence-electron chi connectivity index (χ1n) is 8.23. The Bertz CT molecular complexity index is 754. The summed E-state index contributed by atoms with van der Waals surface area (Å²) < 4.78 is 10.5. The van der Waals surface area contributed by atoms with E-state index in [1.807, 2.05) is 24.3 Å². The van der Waals surface area contributed by atoms with E-state index in [0.29, 0.717) is 23.3 Å². The van der Waals surface area contributed by atoms with E-state index in [4.69, 9.17) is 9.47 Å². The van der Waals surface area contributed by atoms with Crippen molar-refractivity contribution in [2.24, 2.45) is 11.8 Å². The van der Waals surface area contributed by atoms with E-state index in [2.05, 4.69) is 13.8 Å². The zero-order valence-corrected chi connectivity index (χ0v) is 14.5. The normalized spacial score (nSPS) is 22.8. The van der Waals surface area contributed by atoms with Gasteiger partial charge in [0, 0.05) is 5.92 Å². The number of phenolic OH excluding ortho intramolecular Hbond substituents is 2. The van der Waals surface area contributed by atoms with Crippen molar-refractivity contribution in [1.82, 2.24) is 0 Å². The summed E-state index contributed by atoms with van der Waals surface area (Å²) in [5.41, 5.74) is 3.40. The minimum absolute atomic E-state index is 0.134. The molecule has 0 radical (unpaired) electrons. The Morgan fingerprint density at radius 1 is 0.917 bits per heavy atom. The molecule has 0 aliphatic heterocycles. The van der Waals surface area contributed by atoms with Gasteiger partial charge in [-0.3, -0.25) is 0 Å². The summed E-state index contributed by atoms with van der Waals surface area (Å²) >= 11 is 0. The average molecular weight is 328 g/mol. The van der Waals surface area contributed by atoms with Crippen LogP contribution in [-0.2, 0) is 6.42 Å². The second kappa shape index (κ2) is 6.27. The van der Waals surface area contributed by atoms with Gasteiger partial charge in [-0.25, -0.2) is 0 Å². The number of fused-ring (bicyclic) bond motifs is 1. The van der Waals surface area contributed by atoms with Gasteiger partial charge < -0.3 is 19.7 Å². The molecule has 2 aromatic carbocycles. The van der Waals surface area contributed by atoms with Gasteiger partial charge in [-0.05, 0) is 59.2 Å². The van der Waals surface area contributed by atoms with Crippen LogP contribution >= 0.6 is 0 Å². The summed E-state index contributed by atoms with van der Waals surface area (Å²) in [7, 11) is 3.12. The monoisotopic (exact) mass is 328 g/mol. The highest BCUT2D eigenvalue weighted by Crippen LogP contribution is 2.47. The van der Waals surface area contributed by atoms with Crippen molar-refractivity contribution >= 4 is 0 Å². The first-order chi connectivity index (χ1) is 11.5. The van der Waals surface area contributed by atoms with E-state index >= 15 is 0 Å². The molecule has 2 aromatic rings. The van der Waals surface area contributed by atoms with Crippen LogP contribution in [0.2, 0.25) is 0 Å². The molecule has 0 bridgehead atoms. The fraction of sp³-hybridized carbons (Fsp3) is 0.400. The molecular weight excluding hydrogens is 304 g/mol. The van der Waals surface area contributed by atoms with Crippen LogP contribution in [0.4, 0.5) is 0 Å². The van der Waals surface area contributed by atoms with Gasteiger partial charge in [-0.2, -0.15) is 0 Å². The third-order valence-corrected chi connectivity index (χ3v) is 5.30. The van der Waals surface area contributed by atoms with Gasteiger partial charge in [-0.1, -0.05) is 19.9 Å². The van der Waals surface area contributed by atoms with Gasteiger partial charge in [-0.15, -0.1) is 0 Å². The molecule has 1 aliphatic rings. The van der Waals surface area contributed by atoms with Crippen LogP contribution in [0.3, 0.4) is 0 Å². The second-order valence-electron chi connectivity index (χ2n) is 6.67. The van der Waals surface area contributed by atoms with Crippen LogP contribution in [-0.4, -0.2) is 24.4 Å². The first kappa shape index (κ1) is 16.5. The lowest BCUT2D eigenvalue weighted by molar-refractivity contribution is 0.319. The zero-order chi connectivity index (χ0) is 17.4. The van der Waals surface area contributed by atoms with Crippen LogP contribution < -0.4 is 9.47 Å². The number of ether oxygens (including phenoxy) is 2. The van der Waals surface area contributed by atoms with Gasteiger partial charge in [0.25, 0.3) is 0 Å². The lowest BCUT2D eigenvalue weighted by Crippen LogP contribution is -2.26. The van der Waals surface area contributed by atoms with Gasteiger partial charge in [0.05, 0.1) is 14.2 Å². The Morgan fingerprint density at radius 2 is 1.58 bits per heavy atom. The van der Waals surface area contributed by atoms with Crippen LogP contribution in [0.5, 0.6) is 23.0 Å². The number of phenols is 2. The van der Waals surface area contributed by atoms with E-state index in [1.54, 1.807) is 20.3 Å². The highest BCUT2D eigenvalue weighted by molar-refractivity contribution is 5.53. The van der Waals surface area contributed by atoms with Gasteiger partial charge >= 0.3 is 0 Å². The number of methoxy groups -OCH3 is 2. The van der Waals surface area contributed by atoms with E-state index in [9.17, 15) is 10.2 Å². The molecule has 0 spiro atoms. The van der Waals surface area contributed by atoms with E-state index in [0.717, 1.165) is 17.5 Å². The van der Waals surface area contributed by atoms with Crippen molar-refractivity contribution in [2.75, 3.05) is 14.2 Å². The largest absolute Gasteiger partial charge is 0.504 e. The molecule has 2 N–H and O–H groups in total. The Labute approximate surface area is 142 Å². The SMILES string of the molecule is COc1cc([C@H]2c3cc(O)c(OC)cc3C[C@H](C)[C@@H]2C)ccc1O. The zero-order valence-electron chi connectivity index (χ0n) is 14.5. The van der Waals surface area contributed by atoms with Crippen LogP contribution in [0.15, 0.2) is 30.3 Å². The summed E-state index contributed by atoms with van der Waals surface area (Å²) in [6, 6.07) is 9.25. The third kappa shape index (κ3) is 2.66. The Kier molecular flexibility index (Phi) is 4.31. The first-order valence-corrected chi connectivity index (χ1v) is 8.23. The molecule has 4 heteroatoms. The molecule has 4 nitrogen and oxygen atoms in total. The molecule has 128 valence electrons. The topological polar surface area (TPSA) is 58.9 Å². The standard InChI is InChI=1S/C20H24O4/c1-11-7-14-9-19(24-4)17(22)10-15(14)20(12(11)2)13-5-6-16(21)18(8-13)23-3/h5-6,8-12,20-22H,7H2,1-4H3/t11-,12-,20-/m0/s1. The van der Waals surface area contributed by atoms with Crippen molar-refractivity contribution in [2.45, 2.75) is 26.2 Å². The molecule has 0 saturated heterocycles. The minimum atomic E-state index is 0.134. The smallest absolute Gasteiger partial charge is 0.160 e. The summed E-state index contributed by atoms with van der Waals surface area (Å²) in [6.45, 7) is 4.48. The lowest BCUT2D eigenvalue weighted by atomic mass is 9.68. The maximum Gasteiger partial charge on any atom is 0.160 e. The van der Waals surface area contributed by atoms with Crippen molar-refractivity contribution in [3.63, 3.8) is 0 Å². The highest BCUT2D eigenvalue weighted by Gasteiger charge is 2.34. The Morgan fingerprint density at radius 3 is 2.25 bits per heavy atom. The molecule has 0 unspecified atom stereocenters. The predicted octanol–water partition coefficient (Wildman–Crippen LogP) is 4.08. The average Bonchev–Trinajstić information content (AvgIpc) is 2.57. The predicted molar refractivity (Wildman–Crippen MR) is 93.2 cm³/mol. The molecule has 3 atom stereocenters. The van der Waals surface area contributed by atoms with E-state index in [1.165, 1.54) is 5.56 Å². The van der Waals surface area contributed by atoms with Crippen LogP contribution in [0.1, 0.15) is 36.5 Å². The molecule has 0 saturated carbocycles. The molecule has 0 amide bonds. The molecule has 1 aliphatic carbocycles. The van der Waals surface area contributed by atoms with Crippen molar-refractivity contribution < 1.29 is 19.7 Å². The summed E-state index contributed by atoms with van der Waals surface area (Å²) in [6.07, 6.45) is 0.957. The molecule has 24 heavy (non-hydrogen) atoms. The van der Waals surface area contributed by atoms with Gasteiger partial charge in [0.1, 0.15) is 0 Å². The van der Waals surface area contributed by atoms with Crippen molar-refractivity contribution in [1.29, 1.82) is 0 Å². The summed E-state index contributed by atoms with van der Waals surface area (Å²) in [4.78, 5) is 0. The van der Waals surface area contributed by atoms with Gasteiger partial charge in [0.2, 0.25) is 0 Å². The fourth-order valence-electron chi connectivity index (χ4n) is 3.77. The number of rotatable bonds is 3. The number of aromatic hydroxyl groups is 2. The number of benzene rings is 2. The van der Waals surface area contributed by atoms with Crippen molar-refractivity contribution in [3.05, 3.63) is 47.0 Å². The number of hydrogen-bond acceptors (Lipinski definition) is 4. The molecule has 0 heterocycles. The minimum Gasteiger partial charge on any atom is -0.504 e. The Balaban J connectivity index is 2.15. The summed E-state index contributed by atoms with van der Waals surface area (Å²) in [5.74, 6) is 2.31. The fourth-order valence-corrected chi connectivity index (χ4v) is 3.77. The van der Waals surface area contributed by atoms with Gasteiger partial charge in [0.15, 0.2) is 23.0 Å². The number of hydrogen-bond donors (Lipinski definition) is 2. The second-order valence-corrected chi connectivity index (χ2v) is 6.67. The highest BCUT2D eigenvalue weighted by atomic mass is 16.5. The third-order valence-electron chi connectivity index (χ3n) is 5.30. The maximum atomic E-state index is 10.2. The lowest BCUT2D eigenvalue weighted by Gasteiger charge is -2.37. The van der Waals surface area contributed by atoms with Crippen LogP contribution in [0, 0.1) is 11.8 Å². The van der Waals surface area contributed by atoms with Crippen molar-refractivity contribution in [3.8, 4) is 23.0 Å². The Hall–Kier alpha value is -2.36. The quantitative estimate of drug-likeness (QED) is 0.891. The maximum absolute atomic E-state index is 10.2. The van der Waals surface area contributed by atoms with Crippen LogP contribution in [0.25, 0.3) is 0 Å². The molecular formula is C20H24O4.